The maximum absolute atomic E-state index is 5.92. The molecular weight excluding hydrogens is 216 g/mol. The zero-order chi connectivity index (χ0) is 12.3. The van der Waals surface area contributed by atoms with Crippen LogP contribution in [0.3, 0.4) is 0 Å². The van der Waals surface area contributed by atoms with Gasteiger partial charge < -0.3 is 10.5 Å². The van der Waals surface area contributed by atoms with Gasteiger partial charge in [0, 0.05) is 13.0 Å². The first-order chi connectivity index (χ1) is 8.20. The molecule has 0 saturated heterocycles. The van der Waals surface area contributed by atoms with Crippen LogP contribution in [0.2, 0.25) is 0 Å². The Bertz CT molecular complexity index is 388. The largest absolute Gasteiger partial charge is 0.368 e. The molecule has 1 heterocycles. The molecule has 0 aromatic carbocycles. The lowest BCUT2D eigenvalue weighted by Gasteiger charge is -2.27. The first-order valence-electron chi connectivity index (χ1n) is 6.35. The first kappa shape index (κ1) is 12.2. The van der Waals surface area contributed by atoms with Crippen LogP contribution in [-0.2, 0) is 16.8 Å². The molecule has 1 aliphatic carbocycles. The predicted octanol–water partition coefficient (Wildman–Crippen LogP) is 1.82. The van der Waals surface area contributed by atoms with E-state index >= 15 is 0 Å². The van der Waals surface area contributed by atoms with Crippen molar-refractivity contribution in [3.8, 4) is 0 Å². The van der Waals surface area contributed by atoms with Gasteiger partial charge in [0.05, 0.1) is 0 Å². The Kier molecular flexibility index (Phi) is 3.57. The molecule has 0 bridgehead atoms. The van der Waals surface area contributed by atoms with E-state index in [0.29, 0.717) is 12.6 Å². The minimum Gasteiger partial charge on any atom is -0.368 e. The molecule has 1 aromatic rings. The molecule has 0 aliphatic heterocycles. The van der Waals surface area contributed by atoms with Gasteiger partial charge >= 0.3 is 0 Å². The van der Waals surface area contributed by atoms with E-state index < -0.39 is 0 Å². The first-order valence-corrected chi connectivity index (χ1v) is 6.35. The summed E-state index contributed by atoms with van der Waals surface area (Å²) in [6.45, 7) is 4.69. The fraction of sp³-hybridized carbons (Fsp3) is 0.750. The maximum Gasteiger partial charge on any atom is 0.223 e. The van der Waals surface area contributed by atoms with E-state index in [1.165, 1.54) is 0 Å². The van der Waals surface area contributed by atoms with Gasteiger partial charge in [0.2, 0.25) is 5.95 Å². The van der Waals surface area contributed by atoms with Crippen LogP contribution >= 0.6 is 0 Å². The van der Waals surface area contributed by atoms with E-state index in [-0.39, 0.29) is 5.60 Å². The van der Waals surface area contributed by atoms with Gasteiger partial charge in [-0.3, -0.25) is 0 Å². The number of aromatic nitrogens is 3. The third kappa shape index (κ3) is 2.39. The average molecular weight is 236 g/mol. The van der Waals surface area contributed by atoms with Crippen molar-refractivity contribution >= 4 is 5.95 Å². The van der Waals surface area contributed by atoms with Crippen LogP contribution in [0.25, 0.3) is 0 Å². The molecule has 5 nitrogen and oxygen atoms in total. The zero-order valence-electron chi connectivity index (χ0n) is 10.6. The fourth-order valence-corrected chi connectivity index (χ4v) is 2.45. The Morgan fingerprint density at radius 2 is 1.88 bits per heavy atom. The van der Waals surface area contributed by atoms with Crippen molar-refractivity contribution in [3.05, 3.63) is 11.6 Å². The summed E-state index contributed by atoms with van der Waals surface area (Å²) in [7, 11) is 0. The molecule has 1 aliphatic rings. The summed E-state index contributed by atoms with van der Waals surface area (Å²) in [4.78, 5) is 12.9. The van der Waals surface area contributed by atoms with Crippen molar-refractivity contribution in [2.24, 2.45) is 0 Å². The van der Waals surface area contributed by atoms with Crippen LogP contribution < -0.4 is 5.73 Å². The summed E-state index contributed by atoms with van der Waals surface area (Å²) in [5, 5.41) is 0. The van der Waals surface area contributed by atoms with Gasteiger partial charge in [0.1, 0.15) is 11.4 Å². The second-order valence-corrected chi connectivity index (χ2v) is 4.42. The molecule has 2 rings (SSSR count). The van der Waals surface area contributed by atoms with Crippen molar-refractivity contribution in [1.82, 2.24) is 15.0 Å². The highest BCUT2D eigenvalue weighted by Crippen LogP contribution is 2.40. The third-order valence-corrected chi connectivity index (χ3v) is 3.25. The number of nitrogens with two attached hydrogens (primary N) is 1. The zero-order valence-corrected chi connectivity index (χ0v) is 10.6. The van der Waals surface area contributed by atoms with Gasteiger partial charge in [0.25, 0.3) is 0 Å². The second-order valence-electron chi connectivity index (χ2n) is 4.42. The minimum absolute atomic E-state index is 0.304. The Morgan fingerprint density at radius 3 is 2.47 bits per heavy atom. The predicted molar refractivity (Wildman–Crippen MR) is 65.4 cm³/mol. The molecule has 0 unspecified atom stereocenters. The number of nitrogen functional groups attached to an aromatic ring is 1. The van der Waals surface area contributed by atoms with E-state index in [4.69, 9.17) is 10.5 Å². The quantitative estimate of drug-likeness (QED) is 0.863. The van der Waals surface area contributed by atoms with Crippen LogP contribution in [0.5, 0.6) is 0 Å². The molecule has 94 valence electrons. The number of nitrogens with zero attached hydrogens (tertiary/aromatic N) is 3. The topological polar surface area (TPSA) is 73.9 Å². The standard InChI is InChI=1S/C12H20N4O/c1-3-9-14-10(16-11(13)15-9)12(17-4-2)7-5-6-8-12/h3-8H2,1-2H3,(H2,13,14,15,16). The summed E-state index contributed by atoms with van der Waals surface area (Å²) in [5.74, 6) is 1.78. The monoisotopic (exact) mass is 236 g/mol. The number of rotatable bonds is 4. The summed E-state index contributed by atoms with van der Waals surface area (Å²) in [6, 6.07) is 0. The Balaban J connectivity index is 2.38. The minimum atomic E-state index is -0.324. The Labute approximate surface area is 102 Å². The number of hydrogen-bond donors (Lipinski definition) is 1. The lowest BCUT2D eigenvalue weighted by atomic mass is 10.0. The highest BCUT2D eigenvalue weighted by atomic mass is 16.5. The highest BCUT2D eigenvalue weighted by molar-refractivity contribution is 5.19. The lowest BCUT2D eigenvalue weighted by Crippen LogP contribution is -2.30. The number of ether oxygens (including phenoxy) is 1. The molecule has 0 radical (unpaired) electrons. The van der Waals surface area contributed by atoms with Crippen molar-refractivity contribution < 1.29 is 4.74 Å². The summed E-state index contributed by atoms with van der Waals surface area (Å²) in [5.41, 5.74) is 5.42. The normalized spacial score (nSPS) is 18.5. The molecule has 1 saturated carbocycles. The van der Waals surface area contributed by atoms with Crippen molar-refractivity contribution in [3.63, 3.8) is 0 Å². The van der Waals surface area contributed by atoms with Crippen LogP contribution in [0.1, 0.15) is 51.2 Å². The number of aryl methyl sites for hydroxylation is 1. The fourth-order valence-electron chi connectivity index (χ4n) is 2.45. The van der Waals surface area contributed by atoms with Gasteiger partial charge in [-0.1, -0.05) is 6.92 Å². The van der Waals surface area contributed by atoms with E-state index in [2.05, 4.69) is 15.0 Å². The molecule has 17 heavy (non-hydrogen) atoms. The van der Waals surface area contributed by atoms with Crippen LogP contribution in [0, 0.1) is 0 Å². The molecule has 1 aromatic heterocycles. The van der Waals surface area contributed by atoms with E-state index in [1.807, 2.05) is 13.8 Å². The Hall–Kier alpha value is -1.23. The maximum atomic E-state index is 5.92. The summed E-state index contributed by atoms with van der Waals surface area (Å²) in [6.07, 6.45) is 5.04. The van der Waals surface area contributed by atoms with Crippen LogP contribution in [0.15, 0.2) is 0 Å². The summed E-state index contributed by atoms with van der Waals surface area (Å²) >= 11 is 0. The van der Waals surface area contributed by atoms with Gasteiger partial charge in [-0.15, -0.1) is 0 Å². The number of hydrogen-bond acceptors (Lipinski definition) is 5. The SMILES string of the molecule is CCOC1(c2nc(N)nc(CC)n2)CCCC1. The smallest absolute Gasteiger partial charge is 0.223 e. The van der Waals surface area contributed by atoms with Crippen molar-refractivity contribution in [2.45, 2.75) is 51.6 Å². The molecule has 0 atom stereocenters. The van der Waals surface area contributed by atoms with Gasteiger partial charge in [-0.2, -0.15) is 9.97 Å². The van der Waals surface area contributed by atoms with E-state index in [0.717, 1.165) is 43.8 Å². The van der Waals surface area contributed by atoms with Gasteiger partial charge in [0.15, 0.2) is 5.82 Å². The van der Waals surface area contributed by atoms with E-state index in [1.54, 1.807) is 0 Å². The molecular formula is C12H20N4O. The molecule has 5 heteroatoms. The average Bonchev–Trinajstić information content (AvgIpc) is 2.78. The molecule has 1 fully saturated rings. The van der Waals surface area contributed by atoms with Crippen LogP contribution in [0.4, 0.5) is 5.95 Å². The van der Waals surface area contributed by atoms with Crippen molar-refractivity contribution in [2.75, 3.05) is 12.3 Å². The molecule has 2 N–H and O–H groups in total. The van der Waals surface area contributed by atoms with E-state index in [9.17, 15) is 0 Å². The lowest BCUT2D eigenvalue weighted by molar-refractivity contribution is -0.0458. The Morgan fingerprint density at radius 1 is 1.18 bits per heavy atom. The summed E-state index contributed by atoms with van der Waals surface area (Å²) < 4.78 is 5.92. The molecule has 0 amide bonds. The molecule has 0 spiro atoms. The number of anilines is 1. The third-order valence-electron chi connectivity index (χ3n) is 3.25. The van der Waals surface area contributed by atoms with Gasteiger partial charge in [-0.25, -0.2) is 4.98 Å². The second kappa shape index (κ2) is 4.96. The van der Waals surface area contributed by atoms with Gasteiger partial charge in [-0.05, 0) is 32.6 Å². The van der Waals surface area contributed by atoms with Crippen molar-refractivity contribution in [1.29, 1.82) is 0 Å². The highest BCUT2D eigenvalue weighted by Gasteiger charge is 2.39. The van der Waals surface area contributed by atoms with Crippen LogP contribution in [-0.4, -0.2) is 21.6 Å².